The third kappa shape index (κ3) is 3.43. The highest BCUT2D eigenvalue weighted by molar-refractivity contribution is 7.99. The number of anilines is 1. The van der Waals surface area contributed by atoms with Crippen molar-refractivity contribution in [3.8, 4) is 0 Å². The van der Waals surface area contributed by atoms with Crippen LogP contribution in [-0.4, -0.2) is 36.2 Å². The van der Waals surface area contributed by atoms with Gasteiger partial charge in [-0.2, -0.15) is 4.52 Å². The van der Waals surface area contributed by atoms with Gasteiger partial charge < -0.3 is 5.32 Å². The quantitative estimate of drug-likeness (QED) is 0.346. The highest BCUT2D eigenvalue weighted by Crippen LogP contribution is 2.27. The molecular formula is C20H16N6OS2. The van der Waals surface area contributed by atoms with E-state index < -0.39 is 0 Å². The number of carbonyl (C=O) groups excluding carboxylic acids is 1. The van der Waals surface area contributed by atoms with E-state index in [1.165, 1.54) is 28.7 Å². The maximum absolute atomic E-state index is 12.5. The Morgan fingerprint density at radius 2 is 1.97 bits per heavy atom. The van der Waals surface area contributed by atoms with Crippen molar-refractivity contribution >= 4 is 60.9 Å². The summed E-state index contributed by atoms with van der Waals surface area (Å²) < 4.78 is 2.76. The van der Waals surface area contributed by atoms with E-state index in [-0.39, 0.29) is 11.7 Å². The number of hydrogen-bond acceptors (Lipinski definition) is 7. The number of rotatable bonds is 4. The summed E-state index contributed by atoms with van der Waals surface area (Å²) in [4.78, 5) is 26.2. The van der Waals surface area contributed by atoms with Gasteiger partial charge in [0.25, 0.3) is 0 Å². The SMILES string of the molecule is Cc1ccc2nc(NC(=O)CSc3nc4ccccc4c4nc(C)nn34)sc2c1. The lowest BCUT2D eigenvalue weighted by Crippen LogP contribution is -2.14. The molecule has 0 bridgehead atoms. The van der Waals surface area contributed by atoms with Gasteiger partial charge >= 0.3 is 0 Å². The van der Waals surface area contributed by atoms with Crippen LogP contribution in [0, 0.1) is 13.8 Å². The molecule has 0 saturated heterocycles. The van der Waals surface area contributed by atoms with Crippen LogP contribution in [0.5, 0.6) is 0 Å². The summed E-state index contributed by atoms with van der Waals surface area (Å²) in [5.41, 5.74) is 3.64. The Bertz CT molecular complexity index is 1390. The first kappa shape index (κ1) is 18.0. The Labute approximate surface area is 174 Å². The molecular weight excluding hydrogens is 404 g/mol. The average Bonchev–Trinajstić information content (AvgIpc) is 3.28. The molecule has 0 aliphatic heterocycles. The lowest BCUT2D eigenvalue weighted by atomic mass is 10.2. The molecule has 0 atom stereocenters. The molecule has 7 nitrogen and oxygen atoms in total. The Morgan fingerprint density at radius 1 is 1.10 bits per heavy atom. The van der Waals surface area contributed by atoms with E-state index in [9.17, 15) is 4.79 Å². The predicted molar refractivity (Wildman–Crippen MR) is 117 cm³/mol. The highest BCUT2D eigenvalue weighted by atomic mass is 32.2. The van der Waals surface area contributed by atoms with E-state index >= 15 is 0 Å². The van der Waals surface area contributed by atoms with Gasteiger partial charge in [-0.25, -0.2) is 15.0 Å². The van der Waals surface area contributed by atoms with Gasteiger partial charge in [-0.15, -0.1) is 5.10 Å². The van der Waals surface area contributed by atoms with Gasteiger partial charge in [-0.05, 0) is 43.7 Å². The molecule has 0 fully saturated rings. The first-order chi connectivity index (χ1) is 14.1. The van der Waals surface area contributed by atoms with Crippen LogP contribution in [0.1, 0.15) is 11.4 Å². The van der Waals surface area contributed by atoms with Gasteiger partial charge in [0, 0.05) is 5.39 Å². The fourth-order valence-electron chi connectivity index (χ4n) is 3.10. The fourth-order valence-corrected chi connectivity index (χ4v) is 4.82. The standard InChI is InChI=1S/C20H16N6OS2/c1-11-7-8-15-16(9-11)29-19(22-15)24-17(27)10-28-20-23-14-6-4-3-5-13(14)18-21-12(2)25-26(18)20/h3-9H,10H2,1-2H3,(H,22,24,27). The lowest BCUT2D eigenvalue weighted by Gasteiger charge is -2.06. The third-order valence-electron chi connectivity index (χ3n) is 4.38. The van der Waals surface area contributed by atoms with E-state index in [1.54, 1.807) is 4.52 Å². The summed E-state index contributed by atoms with van der Waals surface area (Å²) in [5, 5.41) is 9.50. The number of thioether (sulfide) groups is 1. The predicted octanol–water partition coefficient (Wildman–Crippen LogP) is 4.23. The van der Waals surface area contributed by atoms with E-state index in [0.29, 0.717) is 16.1 Å². The van der Waals surface area contributed by atoms with E-state index in [1.807, 2.05) is 50.2 Å². The summed E-state index contributed by atoms with van der Waals surface area (Å²) in [6.45, 7) is 3.88. The molecule has 5 aromatic rings. The largest absolute Gasteiger partial charge is 0.301 e. The Hall–Kier alpha value is -3.04. The molecule has 0 aliphatic rings. The topological polar surface area (TPSA) is 85.1 Å². The minimum Gasteiger partial charge on any atom is -0.301 e. The van der Waals surface area contributed by atoms with Crippen LogP contribution < -0.4 is 5.32 Å². The van der Waals surface area contributed by atoms with Crippen LogP contribution in [-0.2, 0) is 4.79 Å². The van der Waals surface area contributed by atoms with Crippen LogP contribution in [0.15, 0.2) is 47.6 Å². The minimum atomic E-state index is -0.134. The smallest absolute Gasteiger partial charge is 0.236 e. The fraction of sp³-hybridized carbons (Fsp3) is 0.150. The van der Waals surface area contributed by atoms with Crippen LogP contribution in [0.25, 0.3) is 26.8 Å². The molecule has 144 valence electrons. The Morgan fingerprint density at radius 3 is 2.86 bits per heavy atom. The molecule has 5 rings (SSSR count). The maximum atomic E-state index is 12.5. The number of fused-ring (bicyclic) bond motifs is 4. The molecule has 29 heavy (non-hydrogen) atoms. The van der Waals surface area contributed by atoms with Gasteiger partial charge in [0.15, 0.2) is 15.9 Å². The second-order valence-electron chi connectivity index (χ2n) is 6.63. The van der Waals surface area contributed by atoms with Crippen LogP contribution in [0.4, 0.5) is 5.13 Å². The number of hydrogen-bond donors (Lipinski definition) is 1. The van der Waals surface area contributed by atoms with Gasteiger partial charge in [-0.1, -0.05) is 41.3 Å². The molecule has 1 N–H and O–H groups in total. The Kier molecular flexibility index (Phi) is 4.40. The number of aryl methyl sites for hydroxylation is 2. The van der Waals surface area contributed by atoms with Gasteiger partial charge in [0.1, 0.15) is 5.82 Å². The van der Waals surface area contributed by atoms with Crippen molar-refractivity contribution in [2.24, 2.45) is 0 Å². The van der Waals surface area contributed by atoms with E-state index in [4.69, 9.17) is 0 Å². The number of amides is 1. The molecule has 0 aliphatic carbocycles. The zero-order valence-electron chi connectivity index (χ0n) is 15.7. The normalized spacial score (nSPS) is 11.5. The zero-order valence-corrected chi connectivity index (χ0v) is 17.3. The monoisotopic (exact) mass is 420 g/mol. The molecule has 9 heteroatoms. The van der Waals surface area contributed by atoms with Crippen LogP contribution >= 0.6 is 23.1 Å². The molecule has 1 amide bonds. The maximum Gasteiger partial charge on any atom is 0.236 e. The second-order valence-corrected chi connectivity index (χ2v) is 8.61. The molecule has 0 spiro atoms. The minimum absolute atomic E-state index is 0.134. The van der Waals surface area contributed by atoms with Crippen molar-refractivity contribution in [3.63, 3.8) is 0 Å². The first-order valence-corrected chi connectivity index (χ1v) is 10.8. The second kappa shape index (κ2) is 7.09. The van der Waals surface area contributed by atoms with Gasteiger partial charge in [-0.3, -0.25) is 4.79 Å². The summed E-state index contributed by atoms with van der Waals surface area (Å²) in [6, 6.07) is 13.8. The molecule has 0 unspecified atom stereocenters. The van der Waals surface area contributed by atoms with Crippen LogP contribution in [0.3, 0.4) is 0 Å². The van der Waals surface area contributed by atoms with Crippen molar-refractivity contribution in [2.75, 3.05) is 11.1 Å². The number of carbonyl (C=O) groups is 1. The zero-order chi connectivity index (χ0) is 20.0. The van der Waals surface area contributed by atoms with Crippen molar-refractivity contribution in [1.29, 1.82) is 0 Å². The van der Waals surface area contributed by atoms with Gasteiger partial charge in [0.05, 0.1) is 21.5 Å². The number of aromatic nitrogens is 5. The van der Waals surface area contributed by atoms with Crippen molar-refractivity contribution in [3.05, 3.63) is 53.9 Å². The Balaban J connectivity index is 1.38. The summed E-state index contributed by atoms with van der Waals surface area (Å²) in [7, 11) is 0. The molecule has 3 aromatic heterocycles. The summed E-state index contributed by atoms with van der Waals surface area (Å²) in [5.74, 6) is 0.735. The highest BCUT2D eigenvalue weighted by Gasteiger charge is 2.14. The number of nitrogens with one attached hydrogen (secondary N) is 1. The van der Waals surface area contributed by atoms with Crippen molar-refractivity contribution < 1.29 is 4.79 Å². The molecule has 0 radical (unpaired) electrons. The average molecular weight is 421 g/mol. The van der Waals surface area contributed by atoms with E-state index in [0.717, 1.165) is 26.8 Å². The molecule has 0 saturated carbocycles. The van der Waals surface area contributed by atoms with E-state index in [2.05, 4.69) is 31.4 Å². The van der Waals surface area contributed by atoms with Crippen molar-refractivity contribution in [2.45, 2.75) is 19.0 Å². The summed E-state index contributed by atoms with van der Waals surface area (Å²) >= 11 is 2.80. The van der Waals surface area contributed by atoms with Crippen LogP contribution in [0.2, 0.25) is 0 Å². The number of thiazole rings is 1. The number of benzene rings is 2. The summed E-state index contributed by atoms with van der Waals surface area (Å²) in [6.07, 6.45) is 0. The molecule has 2 aromatic carbocycles. The number of para-hydroxylation sites is 1. The third-order valence-corrected chi connectivity index (χ3v) is 6.24. The number of nitrogens with zero attached hydrogens (tertiary/aromatic N) is 5. The lowest BCUT2D eigenvalue weighted by molar-refractivity contribution is -0.113. The van der Waals surface area contributed by atoms with Crippen molar-refractivity contribution in [1.82, 2.24) is 24.6 Å². The first-order valence-electron chi connectivity index (χ1n) is 8.99. The molecule has 3 heterocycles. The van der Waals surface area contributed by atoms with Gasteiger partial charge in [0.2, 0.25) is 5.91 Å².